The summed E-state index contributed by atoms with van der Waals surface area (Å²) in [4.78, 5) is 24.4. The number of benzene rings is 2. The lowest BCUT2D eigenvalue weighted by Gasteiger charge is -2.13. The van der Waals surface area contributed by atoms with E-state index in [-0.39, 0.29) is 24.5 Å². The van der Waals surface area contributed by atoms with Gasteiger partial charge in [0, 0.05) is 23.9 Å². The van der Waals surface area contributed by atoms with Gasteiger partial charge in [-0.3, -0.25) is 9.59 Å². The Morgan fingerprint density at radius 3 is 2.75 bits per heavy atom. The molecule has 1 unspecified atom stereocenters. The SMILES string of the molecule is Cc1ccc(C(=O)NCC(=O)Nc2cccc(OCC3CCCO3)c2)cc1C. The molecule has 148 valence electrons. The summed E-state index contributed by atoms with van der Waals surface area (Å²) in [5, 5.41) is 5.42. The van der Waals surface area contributed by atoms with Crippen LogP contribution in [0.4, 0.5) is 5.69 Å². The van der Waals surface area contributed by atoms with E-state index in [4.69, 9.17) is 9.47 Å². The lowest BCUT2D eigenvalue weighted by Crippen LogP contribution is -2.32. The highest BCUT2D eigenvalue weighted by Gasteiger charge is 2.16. The Morgan fingerprint density at radius 1 is 1.14 bits per heavy atom. The molecule has 0 radical (unpaired) electrons. The average Bonchev–Trinajstić information content (AvgIpc) is 3.20. The Bertz CT molecular complexity index is 844. The van der Waals surface area contributed by atoms with Gasteiger partial charge in [-0.1, -0.05) is 12.1 Å². The van der Waals surface area contributed by atoms with Gasteiger partial charge in [0.2, 0.25) is 5.91 Å². The molecule has 0 aliphatic carbocycles. The van der Waals surface area contributed by atoms with E-state index in [9.17, 15) is 9.59 Å². The van der Waals surface area contributed by atoms with Crippen LogP contribution in [0.15, 0.2) is 42.5 Å². The highest BCUT2D eigenvalue weighted by atomic mass is 16.5. The van der Waals surface area contributed by atoms with Crippen LogP contribution in [0.2, 0.25) is 0 Å². The van der Waals surface area contributed by atoms with E-state index in [1.807, 2.05) is 38.1 Å². The lowest BCUT2D eigenvalue weighted by molar-refractivity contribution is -0.115. The predicted octanol–water partition coefficient (Wildman–Crippen LogP) is 3.23. The third-order valence-corrected chi connectivity index (χ3v) is 4.76. The summed E-state index contributed by atoms with van der Waals surface area (Å²) in [6.07, 6.45) is 2.22. The maximum Gasteiger partial charge on any atom is 0.251 e. The number of carbonyl (C=O) groups excluding carboxylic acids is 2. The normalized spacial score (nSPS) is 15.9. The molecule has 6 nitrogen and oxygen atoms in total. The number of anilines is 1. The summed E-state index contributed by atoms with van der Waals surface area (Å²) in [6, 6.07) is 12.7. The fourth-order valence-corrected chi connectivity index (χ4v) is 2.98. The number of ether oxygens (including phenoxy) is 2. The Hall–Kier alpha value is -2.86. The molecule has 0 bridgehead atoms. The van der Waals surface area contributed by atoms with E-state index in [0.717, 1.165) is 30.6 Å². The van der Waals surface area contributed by atoms with Crippen LogP contribution in [0.5, 0.6) is 5.75 Å². The van der Waals surface area contributed by atoms with Crippen molar-refractivity contribution in [2.75, 3.05) is 25.1 Å². The second-order valence-corrected chi connectivity index (χ2v) is 7.00. The fraction of sp³-hybridized carbons (Fsp3) is 0.364. The monoisotopic (exact) mass is 382 g/mol. The molecule has 1 aliphatic rings. The molecule has 0 spiro atoms. The first-order valence-corrected chi connectivity index (χ1v) is 9.51. The Labute approximate surface area is 165 Å². The van der Waals surface area contributed by atoms with E-state index >= 15 is 0 Å². The van der Waals surface area contributed by atoms with Gasteiger partial charge < -0.3 is 20.1 Å². The molecule has 2 amide bonds. The Morgan fingerprint density at radius 2 is 2.00 bits per heavy atom. The molecule has 2 aromatic rings. The molecule has 0 aromatic heterocycles. The van der Waals surface area contributed by atoms with E-state index < -0.39 is 0 Å². The second-order valence-electron chi connectivity index (χ2n) is 7.00. The van der Waals surface area contributed by atoms with Crippen molar-refractivity contribution < 1.29 is 19.1 Å². The van der Waals surface area contributed by atoms with Gasteiger partial charge in [0.05, 0.1) is 12.6 Å². The topological polar surface area (TPSA) is 76.7 Å². The molecule has 3 rings (SSSR count). The van der Waals surface area contributed by atoms with Gasteiger partial charge in [0.1, 0.15) is 12.4 Å². The molecule has 2 N–H and O–H groups in total. The van der Waals surface area contributed by atoms with E-state index in [0.29, 0.717) is 23.6 Å². The van der Waals surface area contributed by atoms with Crippen molar-refractivity contribution in [1.29, 1.82) is 0 Å². The highest BCUT2D eigenvalue weighted by molar-refractivity contribution is 5.99. The van der Waals surface area contributed by atoms with Gasteiger partial charge >= 0.3 is 0 Å². The molecule has 2 aromatic carbocycles. The van der Waals surface area contributed by atoms with Crippen LogP contribution in [-0.2, 0) is 9.53 Å². The van der Waals surface area contributed by atoms with Crippen LogP contribution in [-0.4, -0.2) is 37.7 Å². The van der Waals surface area contributed by atoms with Crippen LogP contribution in [0.3, 0.4) is 0 Å². The van der Waals surface area contributed by atoms with Crippen LogP contribution >= 0.6 is 0 Å². The van der Waals surface area contributed by atoms with Crippen molar-refractivity contribution >= 4 is 17.5 Å². The third kappa shape index (κ3) is 5.57. The van der Waals surface area contributed by atoms with Gasteiger partial charge in [-0.15, -0.1) is 0 Å². The standard InChI is InChI=1S/C22H26N2O4/c1-15-8-9-17(11-16(15)2)22(26)23-13-21(25)24-18-5-3-6-19(12-18)28-14-20-7-4-10-27-20/h3,5-6,8-9,11-12,20H,4,7,10,13-14H2,1-2H3,(H,23,26)(H,24,25). The number of nitrogens with one attached hydrogen (secondary N) is 2. The Balaban J connectivity index is 1.48. The van der Waals surface area contributed by atoms with Crippen LogP contribution in [0, 0.1) is 13.8 Å². The zero-order valence-corrected chi connectivity index (χ0v) is 16.3. The van der Waals surface area contributed by atoms with Crippen LogP contribution in [0.1, 0.15) is 34.3 Å². The molecule has 0 saturated carbocycles. The van der Waals surface area contributed by atoms with Crippen molar-refractivity contribution in [1.82, 2.24) is 5.32 Å². The number of rotatable bonds is 7. The fourth-order valence-electron chi connectivity index (χ4n) is 2.98. The molecule has 1 saturated heterocycles. The van der Waals surface area contributed by atoms with Gasteiger partial charge in [-0.05, 0) is 62.1 Å². The summed E-state index contributed by atoms with van der Waals surface area (Å²) < 4.78 is 11.3. The second kappa shape index (κ2) is 9.37. The van der Waals surface area contributed by atoms with Crippen molar-refractivity contribution in [2.24, 2.45) is 0 Å². The molecule has 1 heterocycles. The molecule has 1 atom stereocenters. The average molecular weight is 382 g/mol. The first-order valence-electron chi connectivity index (χ1n) is 9.51. The van der Waals surface area contributed by atoms with E-state index in [1.54, 1.807) is 18.2 Å². The summed E-state index contributed by atoms with van der Waals surface area (Å²) in [5.41, 5.74) is 3.32. The molecular weight excluding hydrogens is 356 g/mol. The highest BCUT2D eigenvalue weighted by Crippen LogP contribution is 2.19. The maximum absolute atomic E-state index is 12.2. The smallest absolute Gasteiger partial charge is 0.251 e. The maximum atomic E-state index is 12.2. The minimum absolute atomic E-state index is 0.104. The lowest BCUT2D eigenvalue weighted by atomic mass is 10.1. The quantitative estimate of drug-likeness (QED) is 0.771. The van der Waals surface area contributed by atoms with Crippen molar-refractivity contribution in [2.45, 2.75) is 32.8 Å². The molecular formula is C22H26N2O4. The van der Waals surface area contributed by atoms with Crippen LogP contribution < -0.4 is 15.4 Å². The van der Waals surface area contributed by atoms with Crippen molar-refractivity contribution in [3.8, 4) is 5.75 Å². The first-order chi connectivity index (χ1) is 13.5. The van der Waals surface area contributed by atoms with E-state index in [1.165, 1.54) is 0 Å². The minimum atomic E-state index is -0.298. The molecule has 1 fully saturated rings. The summed E-state index contributed by atoms with van der Waals surface area (Å²) >= 11 is 0. The van der Waals surface area contributed by atoms with Gasteiger partial charge in [-0.25, -0.2) is 0 Å². The summed E-state index contributed by atoms with van der Waals surface area (Å²) in [5.74, 6) is 0.104. The molecule has 28 heavy (non-hydrogen) atoms. The Kier molecular flexibility index (Phi) is 6.66. The van der Waals surface area contributed by atoms with Gasteiger partial charge in [0.25, 0.3) is 5.91 Å². The number of hydrogen-bond acceptors (Lipinski definition) is 4. The largest absolute Gasteiger partial charge is 0.491 e. The summed E-state index contributed by atoms with van der Waals surface area (Å²) in [6.45, 7) is 5.13. The number of amides is 2. The van der Waals surface area contributed by atoms with Crippen molar-refractivity contribution in [3.63, 3.8) is 0 Å². The van der Waals surface area contributed by atoms with Gasteiger partial charge in [0.15, 0.2) is 0 Å². The summed E-state index contributed by atoms with van der Waals surface area (Å²) in [7, 11) is 0. The first kappa shape index (κ1) is 19.9. The van der Waals surface area contributed by atoms with Crippen molar-refractivity contribution in [3.05, 3.63) is 59.2 Å². The van der Waals surface area contributed by atoms with Crippen LogP contribution in [0.25, 0.3) is 0 Å². The zero-order valence-electron chi connectivity index (χ0n) is 16.3. The number of aryl methyl sites for hydroxylation is 2. The predicted molar refractivity (Wildman–Crippen MR) is 108 cm³/mol. The van der Waals surface area contributed by atoms with Gasteiger partial charge in [-0.2, -0.15) is 0 Å². The minimum Gasteiger partial charge on any atom is -0.491 e. The molecule has 6 heteroatoms. The third-order valence-electron chi connectivity index (χ3n) is 4.76. The number of carbonyl (C=O) groups is 2. The molecule has 1 aliphatic heterocycles. The number of hydrogen-bond donors (Lipinski definition) is 2. The zero-order chi connectivity index (χ0) is 19.9. The van der Waals surface area contributed by atoms with E-state index in [2.05, 4.69) is 10.6 Å².